The zero-order valence-electron chi connectivity index (χ0n) is 19.8. The average Bonchev–Trinajstić information content (AvgIpc) is 2.85. The highest BCUT2D eigenvalue weighted by molar-refractivity contribution is 6.05. The smallest absolute Gasteiger partial charge is 0.382 e. The van der Waals surface area contributed by atoms with Crippen LogP contribution in [-0.4, -0.2) is 30.6 Å². The number of amides is 2. The minimum Gasteiger partial charge on any atom is -0.382 e. The zero-order chi connectivity index (χ0) is 26.3. The van der Waals surface area contributed by atoms with E-state index in [1.165, 1.54) is 12.1 Å². The molecule has 2 aromatic rings. The van der Waals surface area contributed by atoms with Crippen LogP contribution in [0.15, 0.2) is 36.4 Å². The van der Waals surface area contributed by atoms with Crippen LogP contribution in [0.2, 0.25) is 0 Å². The summed E-state index contributed by atoms with van der Waals surface area (Å²) in [4.78, 5) is 25.1. The lowest BCUT2D eigenvalue weighted by molar-refractivity contribution is -0.138. The van der Waals surface area contributed by atoms with Crippen LogP contribution in [0.4, 0.5) is 33.3 Å². The molecule has 1 aliphatic carbocycles. The maximum Gasteiger partial charge on any atom is 0.417 e. The third kappa shape index (κ3) is 5.14. The molecule has 0 radical (unpaired) electrons. The van der Waals surface area contributed by atoms with Crippen LogP contribution < -0.4 is 21.3 Å². The molecule has 1 saturated carbocycles. The number of piperidine rings is 2. The monoisotopic (exact) mass is 522 g/mol. The van der Waals surface area contributed by atoms with Crippen LogP contribution in [-0.2, 0) is 11.0 Å². The zero-order valence-corrected chi connectivity index (χ0v) is 19.8. The first-order chi connectivity index (χ1) is 17.6. The standard InChI is InChI=1S/C26H27F5N4O2/c27-13-5-7-17(18(11-13)26(29,30)31)25(37)34-20-8-6-14(12-19(20)28)33-21-9-10-32-23-22(21)15-3-1-2-4-16(15)24(36)35-23/h5-8,11-12,15-16,21-23,32-33H,1-4,9-10H2,(H,34,37)(H,35,36). The molecular weight excluding hydrogens is 495 g/mol. The van der Waals surface area contributed by atoms with Crippen LogP contribution >= 0.6 is 0 Å². The van der Waals surface area contributed by atoms with E-state index < -0.39 is 34.8 Å². The van der Waals surface area contributed by atoms with Gasteiger partial charge in [-0.3, -0.25) is 14.9 Å². The van der Waals surface area contributed by atoms with Gasteiger partial charge in [0.15, 0.2) is 0 Å². The summed E-state index contributed by atoms with van der Waals surface area (Å²) < 4.78 is 68.1. The molecule has 5 unspecified atom stereocenters. The lowest BCUT2D eigenvalue weighted by atomic mass is 9.65. The fourth-order valence-corrected chi connectivity index (χ4v) is 6.08. The van der Waals surface area contributed by atoms with Gasteiger partial charge >= 0.3 is 6.18 Å². The van der Waals surface area contributed by atoms with Crippen molar-refractivity contribution in [3.63, 3.8) is 0 Å². The molecule has 0 bridgehead atoms. The molecule has 11 heteroatoms. The van der Waals surface area contributed by atoms with E-state index in [1.807, 2.05) is 0 Å². The van der Waals surface area contributed by atoms with Crippen LogP contribution in [0, 0.1) is 29.4 Å². The SMILES string of the molecule is O=C(Nc1ccc(NC2CCNC3NC(=O)C4CCCCC4C23)cc1F)c1ccc(F)cc1C(F)(F)F. The molecule has 2 aliphatic heterocycles. The number of hydrogen-bond acceptors (Lipinski definition) is 4. The molecule has 0 aromatic heterocycles. The highest BCUT2D eigenvalue weighted by Gasteiger charge is 2.49. The van der Waals surface area contributed by atoms with E-state index in [-0.39, 0.29) is 47.6 Å². The van der Waals surface area contributed by atoms with E-state index in [1.54, 1.807) is 6.07 Å². The third-order valence-electron chi connectivity index (χ3n) is 7.72. The molecule has 3 fully saturated rings. The van der Waals surface area contributed by atoms with E-state index in [0.29, 0.717) is 12.2 Å². The largest absolute Gasteiger partial charge is 0.417 e. The van der Waals surface area contributed by atoms with Crippen LogP contribution in [0.1, 0.15) is 48.0 Å². The lowest BCUT2D eigenvalue weighted by Gasteiger charge is -2.51. The molecule has 2 amide bonds. The first kappa shape index (κ1) is 25.4. The molecule has 2 aromatic carbocycles. The Kier molecular flexibility index (Phi) is 6.82. The molecular formula is C26H27F5N4O2. The second kappa shape index (κ2) is 9.92. The number of benzene rings is 2. The van der Waals surface area contributed by atoms with Crippen molar-refractivity contribution in [1.82, 2.24) is 10.6 Å². The van der Waals surface area contributed by atoms with Gasteiger partial charge in [0.1, 0.15) is 11.6 Å². The molecule has 4 N–H and O–H groups in total. The molecule has 2 heterocycles. The first-order valence-electron chi connectivity index (χ1n) is 12.4. The summed E-state index contributed by atoms with van der Waals surface area (Å²) in [5.74, 6) is -2.76. The van der Waals surface area contributed by atoms with Gasteiger partial charge in [0.05, 0.1) is 23.0 Å². The fourth-order valence-electron chi connectivity index (χ4n) is 6.08. The van der Waals surface area contributed by atoms with Crippen molar-refractivity contribution in [3.8, 4) is 0 Å². The van der Waals surface area contributed by atoms with E-state index in [9.17, 15) is 31.5 Å². The summed E-state index contributed by atoms with van der Waals surface area (Å²) in [6.45, 7) is 0.673. The van der Waals surface area contributed by atoms with Gasteiger partial charge in [-0.15, -0.1) is 0 Å². The number of fused-ring (bicyclic) bond motifs is 3. The molecule has 37 heavy (non-hydrogen) atoms. The molecule has 198 valence electrons. The summed E-state index contributed by atoms with van der Waals surface area (Å²) in [6.07, 6.45) is -0.438. The number of halogens is 5. The number of alkyl halides is 3. The third-order valence-corrected chi connectivity index (χ3v) is 7.72. The molecule has 6 nitrogen and oxygen atoms in total. The van der Waals surface area contributed by atoms with Gasteiger partial charge in [0.25, 0.3) is 5.91 Å². The van der Waals surface area contributed by atoms with Gasteiger partial charge in [0, 0.05) is 23.6 Å². The van der Waals surface area contributed by atoms with Gasteiger partial charge in [-0.1, -0.05) is 12.8 Å². The number of hydrogen-bond donors (Lipinski definition) is 4. The first-order valence-corrected chi connectivity index (χ1v) is 12.4. The Hall–Kier alpha value is -3.21. The highest BCUT2D eigenvalue weighted by atomic mass is 19.4. The number of rotatable bonds is 4. The molecule has 5 rings (SSSR count). The quantitative estimate of drug-likeness (QED) is 0.431. The fraction of sp³-hybridized carbons (Fsp3) is 0.462. The Morgan fingerprint density at radius 2 is 1.78 bits per heavy atom. The topological polar surface area (TPSA) is 82.3 Å². The minimum atomic E-state index is -4.95. The summed E-state index contributed by atoms with van der Waals surface area (Å²) in [7, 11) is 0. The van der Waals surface area contributed by atoms with E-state index in [2.05, 4.69) is 21.3 Å². The van der Waals surface area contributed by atoms with Crippen molar-refractivity contribution >= 4 is 23.2 Å². The average molecular weight is 523 g/mol. The predicted molar refractivity (Wildman–Crippen MR) is 127 cm³/mol. The molecule has 2 saturated heterocycles. The summed E-state index contributed by atoms with van der Waals surface area (Å²) in [6, 6.07) is 5.67. The van der Waals surface area contributed by atoms with Crippen LogP contribution in [0.25, 0.3) is 0 Å². The Balaban J connectivity index is 1.32. The van der Waals surface area contributed by atoms with Crippen molar-refractivity contribution in [2.45, 2.75) is 50.5 Å². The lowest BCUT2D eigenvalue weighted by Crippen LogP contribution is -2.67. The molecule has 3 aliphatic rings. The second-order valence-electron chi connectivity index (χ2n) is 9.95. The molecule has 5 atom stereocenters. The maximum absolute atomic E-state index is 14.9. The number of carbonyl (C=O) groups excluding carboxylic acids is 2. The van der Waals surface area contributed by atoms with Crippen molar-refractivity contribution in [2.24, 2.45) is 17.8 Å². The van der Waals surface area contributed by atoms with Crippen LogP contribution in [0.5, 0.6) is 0 Å². The van der Waals surface area contributed by atoms with Crippen molar-refractivity contribution < 1.29 is 31.5 Å². The summed E-state index contributed by atoms with van der Waals surface area (Å²) >= 11 is 0. The molecule has 0 spiro atoms. The minimum absolute atomic E-state index is 0.0224. The van der Waals surface area contributed by atoms with Crippen LogP contribution in [0.3, 0.4) is 0 Å². The summed E-state index contributed by atoms with van der Waals surface area (Å²) in [5, 5.41) is 12.0. The van der Waals surface area contributed by atoms with Gasteiger partial charge in [0.2, 0.25) is 5.91 Å². The Morgan fingerprint density at radius 3 is 2.54 bits per heavy atom. The van der Waals surface area contributed by atoms with Gasteiger partial charge in [-0.2, -0.15) is 13.2 Å². The second-order valence-corrected chi connectivity index (χ2v) is 9.95. The van der Waals surface area contributed by atoms with Gasteiger partial charge in [-0.25, -0.2) is 8.78 Å². The number of anilines is 2. The van der Waals surface area contributed by atoms with E-state index in [4.69, 9.17) is 0 Å². The van der Waals surface area contributed by atoms with Crippen molar-refractivity contribution in [3.05, 3.63) is 59.2 Å². The van der Waals surface area contributed by atoms with Gasteiger partial charge < -0.3 is 16.0 Å². The number of carbonyl (C=O) groups is 2. The Bertz CT molecular complexity index is 1200. The van der Waals surface area contributed by atoms with Crippen molar-refractivity contribution in [2.75, 3.05) is 17.2 Å². The maximum atomic E-state index is 14.9. The Labute approximate surface area is 210 Å². The normalized spacial score (nSPS) is 27.5. The highest BCUT2D eigenvalue weighted by Crippen LogP contribution is 2.43. The summed E-state index contributed by atoms with van der Waals surface area (Å²) in [5.41, 5.74) is -2.08. The predicted octanol–water partition coefficient (Wildman–Crippen LogP) is 4.89. The van der Waals surface area contributed by atoms with Crippen molar-refractivity contribution in [1.29, 1.82) is 0 Å². The van der Waals surface area contributed by atoms with Gasteiger partial charge in [-0.05, 0) is 68.1 Å². The Morgan fingerprint density at radius 1 is 1.00 bits per heavy atom. The van der Waals surface area contributed by atoms with E-state index in [0.717, 1.165) is 44.2 Å². The van der Waals surface area contributed by atoms with E-state index >= 15 is 0 Å². The number of nitrogens with one attached hydrogen (secondary N) is 4.